The molecule has 1 rings (SSSR count). The molecule has 3 N–H and O–H groups in total. The Labute approximate surface area is 72.3 Å². The van der Waals surface area contributed by atoms with Gasteiger partial charge < -0.3 is 5.11 Å². The molecule has 0 amide bonds. The van der Waals surface area contributed by atoms with Crippen molar-refractivity contribution in [2.45, 2.75) is 25.4 Å². The summed E-state index contributed by atoms with van der Waals surface area (Å²) in [6.45, 7) is 2.22. The average Bonchev–Trinajstić information content (AvgIpc) is 1.81. The molecule has 0 saturated carbocycles. The van der Waals surface area contributed by atoms with E-state index in [2.05, 4.69) is 0 Å². The third-order valence-corrected chi connectivity index (χ3v) is 2.99. The van der Waals surface area contributed by atoms with Gasteiger partial charge in [-0.05, 0) is 6.42 Å². The summed E-state index contributed by atoms with van der Waals surface area (Å²) in [7, 11) is -3.58. The number of aliphatic hydroxyl groups is 1. The highest BCUT2D eigenvalue weighted by molar-refractivity contribution is 7.86. The van der Waals surface area contributed by atoms with E-state index in [9.17, 15) is 13.5 Å². The fourth-order valence-electron chi connectivity index (χ4n) is 1.41. The first kappa shape index (κ1) is 9.91. The molecule has 6 heteroatoms. The summed E-state index contributed by atoms with van der Waals surface area (Å²) in [5, 5.41) is 14.4. The maximum atomic E-state index is 10.7. The summed E-state index contributed by atoms with van der Waals surface area (Å²) in [5.41, 5.74) is -0.832. The molecule has 0 spiro atoms. The Morgan fingerprint density at radius 3 is 2.42 bits per heavy atom. The van der Waals surface area contributed by atoms with Crippen LogP contribution in [0.3, 0.4) is 0 Å². The molecule has 0 aromatic rings. The first-order chi connectivity index (χ1) is 5.37. The normalized spacial score (nSPS) is 23.6. The van der Waals surface area contributed by atoms with E-state index in [-0.39, 0.29) is 13.1 Å². The van der Waals surface area contributed by atoms with Gasteiger partial charge in [0.2, 0.25) is 0 Å². The molecule has 0 aromatic carbocycles. The Bertz CT molecular complexity index is 256. The van der Waals surface area contributed by atoms with Gasteiger partial charge in [0.25, 0.3) is 10.2 Å². The fourth-order valence-corrected chi connectivity index (χ4v) is 2.25. The lowest BCUT2D eigenvalue weighted by Gasteiger charge is -2.44. The van der Waals surface area contributed by atoms with Crippen molar-refractivity contribution in [1.29, 1.82) is 0 Å². The SMILES string of the molecule is CCCC1(O)CN(S(N)(=O)=O)C1. The van der Waals surface area contributed by atoms with E-state index in [4.69, 9.17) is 5.14 Å². The fraction of sp³-hybridized carbons (Fsp3) is 1.00. The molecule has 1 heterocycles. The number of hydrogen-bond donors (Lipinski definition) is 2. The van der Waals surface area contributed by atoms with Crippen LogP contribution < -0.4 is 5.14 Å². The highest BCUT2D eigenvalue weighted by atomic mass is 32.2. The lowest BCUT2D eigenvalue weighted by molar-refractivity contribution is -0.0653. The van der Waals surface area contributed by atoms with Crippen molar-refractivity contribution in [3.63, 3.8) is 0 Å². The Balaban J connectivity index is 2.47. The van der Waals surface area contributed by atoms with Crippen molar-refractivity contribution in [1.82, 2.24) is 4.31 Å². The van der Waals surface area contributed by atoms with Crippen LogP contribution in [0.15, 0.2) is 0 Å². The predicted octanol–water partition coefficient (Wildman–Crippen LogP) is -0.963. The molecule has 1 aliphatic heterocycles. The van der Waals surface area contributed by atoms with Crippen LogP contribution in [-0.2, 0) is 10.2 Å². The summed E-state index contributed by atoms with van der Waals surface area (Å²) in [4.78, 5) is 0. The molecule has 0 atom stereocenters. The van der Waals surface area contributed by atoms with Crippen molar-refractivity contribution < 1.29 is 13.5 Å². The first-order valence-corrected chi connectivity index (χ1v) is 5.38. The predicted molar refractivity (Wildman–Crippen MR) is 44.5 cm³/mol. The monoisotopic (exact) mass is 194 g/mol. The summed E-state index contributed by atoms with van der Waals surface area (Å²) in [6, 6.07) is 0. The standard InChI is InChI=1S/C6H14N2O3S/c1-2-3-6(9)4-8(5-6)12(7,10)11/h9H,2-5H2,1H3,(H2,7,10,11). The molecule has 1 fully saturated rings. The molecular formula is C6H14N2O3S. The maximum Gasteiger partial charge on any atom is 0.277 e. The molecule has 1 aliphatic rings. The van der Waals surface area contributed by atoms with Crippen molar-refractivity contribution in [3.8, 4) is 0 Å². The minimum Gasteiger partial charge on any atom is -0.387 e. The van der Waals surface area contributed by atoms with Gasteiger partial charge in [0.1, 0.15) is 0 Å². The zero-order valence-electron chi connectivity index (χ0n) is 7.02. The van der Waals surface area contributed by atoms with E-state index < -0.39 is 15.8 Å². The average molecular weight is 194 g/mol. The minimum absolute atomic E-state index is 0.139. The Morgan fingerprint density at radius 1 is 1.58 bits per heavy atom. The third kappa shape index (κ3) is 1.95. The van der Waals surface area contributed by atoms with E-state index in [0.29, 0.717) is 6.42 Å². The van der Waals surface area contributed by atoms with Crippen molar-refractivity contribution in [3.05, 3.63) is 0 Å². The van der Waals surface area contributed by atoms with E-state index in [1.54, 1.807) is 0 Å². The summed E-state index contributed by atoms with van der Waals surface area (Å²) < 4.78 is 22.5. The second-order valence-corrected chi connectivity index (χ2v) is 4.83. The van der Waals surface area contributed by atoms with Gasteiger partial charge in [-0.15, -0.1) is 0 Å². The number of nitrogens with two attached hydrogens (primary N) is 1. The van der Waals surface area contributed by atoms with Gasteiger partial charge in [0.05, 0.1) is 5.60 Å². The smallest absolute Gasteiger partial charge is 0.277 e. The van der Waals surface area contributed by atoms with Crippen LogP contribution in [0.4, 0.5) is 0 Å². The van der Waals surface area contributed by atoms with Gasteiger partial charge in [-0.3, -0.25) is 0 Å². The first-order valence-electron chi connectivity index (χ1n) is 3.88. The molecule has 0 unspecified atom stereocenters. The van der Waals surface area contributed by atoms with Gasteiger partial charge in [0.15, 0.2) is 0 Å². The highest BCUT2D eigenvalue weighted by Crippen LogP contribution is 2.26. The van der Waals surface area contributed by atoms with Crippen LogP contribution in [0.2, 0.25) is 0 Å². The van der Waals surface area contributed by atoms with Gasteiger partial charge >= 0.3 is 0 Å². The molecule has 72 valence electrons. The quantitative estimate of drug-likeness (QED) is 0.606. The van der Waals surface area contributed by atoms with Gasteiger partial charge in [0, 0.05) is 13.1 Å². The van der Waals surface area contributed by atoms with E-state index in [1.807, 2.05) is 6.92 Å². The topological polar surface area (TPSA) is 83.6 Å². The lowest BCUT2D eigenvalue weighted by Crippen LogP contribution is -2.64. The lowest BCUT2D eigenvalue weighted by atomic mass is 9.92. The largest absolute Gasteiger partial charge is 0.387 e. The zero-order valence-corrected chi connectivity index (χ0v) is 7.84. The van der Waals surface area contributed by atoms with Crippen LogP contribution >= 0.6 is 0 Å². The summed E-state index contributed by atoms with van der Waals surface area (Å²) in [5.74, 6) is 0. The number of β-amino-alcohol motifs (C(OH)–C–C–N with tert-alkyl or cyclic N) is 1. The van der Waals surface area contributed by atoms with Crippen molar-refractivity contribution in [2.24, 2.45) is 5.14 Å². The van der Waals surface area contributed by atoms with Crippen LogP contribution in [0.1, 0.15) is 19.8 Å². The van der Waals surface area contributed by atoms with Crippen LogP contribution in [-0.4, -0.2) is 36.5 Å². The van der Waals surface area contributed by atoms with Crippen LogP contribution in [0.25, 0.3) is 0 Å². The Hall–Kier alpha value is -0.170. The molecule has 0 radical (unpaired) electrons. The van der Waals surface area contributed by atoms with Gasteiger partial charge in [-0.2, -0.15) is 12.7 Å². The second kappa shape index (κ2) is 2.95. The van der Waals surface area contributed by atoms with Crippen LogP contribution in [0.5, 0.6) is 0 Å². The minimum atomic E-state index is -3.58. The third-order valence-electron chi connectivity index (χ3n) is 2.02. The van der Waals surface area contributed by atoms with E-state index in [0.717, 1.165) is 10.7 Å². The zero-order chi connectivity index (χ0) is 9.41. The molecule has 0 aromatic heterocycles. The van der Waals surface area contributed by atoms with E-state index >= 15 is 0 Å². The summed E-state index contributed by atoms with van der Waals surface area (Å²) >= 11 is 0. The molecule has 0 bridgehead atoms. The Morgan fingerprint density at radius 2 is 2.08 bits per heavy atom. The van der Waals surface area contributed by atoms with Gasteiger partial charge in [-0.25, -0.2) is 5.14 Å². The Kier molecular flexibility index (Phi) is 2.44. The number of rotatable bonds is 3. The number of hydrogen-bond acceptors (Lipinski definition) is 3. The molecular weight excluding hydrogens is 180 g/mol. The molecule has 12 heavy (non-hydrogen) atoms. The molecule has 0 aliphatic carbocycles. The number of nitrogens with zero attached hydrogens (tertiary/aromatic N) is 1. The van der Waals surface area contributed by atoms with Crippen LogP contribution in [0, 0.1) is 0 Å². The second-order valence-electron chi connectivity index (χ2n) is 3.29. The molecule has 5 nitrogen and oxygen atoms in total. The van der Waals surface area contributed by atoms with Gasteiger partial charge in [-0.1, -0.05) is 13.3 Å². The maximum absolute atomic E-state index is 10.7. The van der Waals surface area contributed by atoms with E-state index in [1.165, 1.54) is 0 Å². The van der Waals surface area contributed by atoms with Crippen molar-refractivity contribution >= 4 is 10.2 Å². The highest BCUT2D eigenvalue weighted by Gasteiger charge is 2.44. The van der Waals surface area contributed by atoms with Crippen molar-refractivity contribution in [2.75, 3.05) is 13.1 Å². The molecule has 1 saturated heterocycles. The summed E-state index contributed by atoms with van der Waals surface area (Å²) in [6.07, 6.45) is 1.47.